The number of hydrogen-bond donors (Lipinski definition) is 0. The quantitative estimate of drug-likeness (QED) is 0.429. The van der Waals surface area contributed by atoms with Crippen LogP contribution in [0.15, 0.2) is 97.1 Å². The van der Waals surface area contributed by atoms with Crippen molar-refractivity contribution < 1.29 is 9.47 Å². The highest BCUT2D eigenvalue weighted by atomic mass is 16.5. The second kappa shape index (κ2) is 7.75. The third-order valence-electron chi connectivity index (χ3n) is 4.27. The van der Waals surface area contributed by atoms with Gasteiger partial charge in [0.1, 0.15) is 24.7 Å². The molecule has 128 valence electrons. The van der Waals surface area contributed by atoms with Crippen molar-refractivity contribution in [3.05, 3.63) is 108 Å². The van der Waals surface area contributed by atoms with Crippen molar-refractivity contribution in [2.45, 2.75) is 13.2 Å². The minimum absolute atomic E-state index is 0.568. The third-order valence-corrected chi connectivity index (χ3v) is 4.27. The molecule has 0 atom stereocenters. The van der Waals surface area contributed by atoms with E-state index in [2.05, 4.69) is 36.4 Å². The minimum Gasteiger partial charge on any atom is -0.489 e. The molecule has 0 spiro atoms. The molecule has 0 aliphatic rings. The molecule has 0 amide bonds. The molecule has 0 saturated heterocycles. The van der Waals surface area contributed by atoms with Gasteiger partial charge in [-0.05, 0) is 58.3 Å². The van der Waals surface area contributed by atoms with E-state index in [9.17, 15) is 0 Å². The van der Waals surface area contributed by atoms with Crippen molar-refractivity contribution in [3.63, 3.8) is 0 Å². The summed E-state index contributed by atoms with van der Waals surface area (Å²) in [6, 6.07) is 32.7. The predicted molar refractivity (Wildman–Crippen MR) is 105 cm³/mol. The summed E-state index contributed by atoms with van der Waals surface area (Å²) in [7, 11) is 0. The molecule has 4 aromatic carbocycles. The maximum Gasteiger partial charge on any atom is 0.119 e. The number of benzene rings is 4. The highest BCUT2D eigenvalue weighted by molar-refractivity contribution is 5.83. The number of rotatable bonds is 6. The summed E-state index contributed by atoms with van der Waals surface area (Å²) in [5.41, 5.74) is 2.32. The topological polar surface area (TPSA) is 18.5 Å². The molecule has 4 rings (SSSR count). The van der Waals surface area contributed by atoms with Crippen molar-refractivity contribution >= 4 is 10.8 Å². The van der Waals surface area contributed by atoms with Crippen LogP contribution in [0.4, 0.5) is 0 Å². The van der Waals surface area contributed by atoms with Crippen molar-refractivity contribution in [3.8, 4) is 11.5 Å². The average molecular weight is 340 g/mol. The van der Waals surface area contributed by atoms with Gasteiger partial charge in [0.25, 0.3) is 0 Å². The van der Waals surface area contributed by atoms with E-state index >= 15 is 0 Å². The summed E-state index contributed by atoms with van der Waals surface area (Å²) in [6.07, 6.45) is 0. The maximum absolute atomic E-state index is 5.83. The number of para-hydroxylation sites is 2. The average Bonchev–Trinajstić information content (AvgIpc) is 2.72. The van der Waals surface area contributed by atoms with Crippen LogP contribution in [0.25, 0.3) is 10.8 Å². The summed E-state index contributed by atoms with van der Waals surface area (Å²) in [6.45, 7) is 1.14. The number of ether oxygens (including phenoxy) is 2. The van der Waals surface area contributed by atoms with Crippen LogP contribution in [-0.4, -0.2) is 0 Å². The molecule has 0 heterocycles. The molecule has 0 bridgehead atoms. The van der Waals surface area contributed by atoms with E-state index in [4.69, 9.17) is 9.47 Å². The lowest BCUT2D eigenvalue weighted by Crippen LogP contribution is -1.96. The molecule has 0 fully saturated rings. The Morgan fingerprint density at radius 2 is 0.885 bits per heavy atom. The normalized spacial score (nSPS) is 10.6. The van der Waals surface area contributed by atoms with Gasteiger partial charge >= 0.3 is 0 Å². The molecule has 0 N–H and O–H groups in total. The zero-order chi connectivity index (χ0) is 17.6. The summed E-state index contributed by atoms with van der Waals surface area (Å²) < 4.78 is 11.7. The van der Waals surface area contributed by atoms with Crippen LogP contribution < -0.4 is 9.47 Å². The molecule has 0 unspecified atom stereocenters. The lowest BCUT2D eigenvalue weighted by Gasteiger charge is -2.09. The molecular weight excluding hydrogens is 320 g/mol. The van der Waals surface area contributed by atoms with Gasteiger partial charge in [0.15, 0.2) is 0 Å². The predicted octanol–water partition coefficient (Wildman–Crippen LogP) is 6.00. The SMILES string of the molecule is c1ccc(OCc2ccc3cc(COc4ccccc4)ccc3c2)cc1. The monoisotopic (exact) mass is 340 g/mol. The van der Waals surface area contributed by atoms with Gasteiger partial charge in [-0.2, -0.15) is 0 Å². The highest BCUT2D eigenvalue weighted by Crippen LogP contribution is 2.21. The Bertz CT molecular complexity index is 896. The minimum atomic E-state index is 0.568. The summed E-state index contributed by atoms with van der Waals surface area (Å²) in [5.74, 6) is 1.78. The van der Waals surface area contributed by atoms with Crippen molar-refractivity contribution in [1.82, 2.24) is 0 Å². The molecule has 0 aromatic heterocycles. The smallest absolute Gasteiger partial charge is 0.119 e. The van der Waals surface area contributed by atoms with Crippen molar-refractivity contribution in [2.24, 2.45) is 0 Å². The van der Waals surface area contributed by atoms with E-state index in [1.807, 2.05) is 60.7 Å². The number of hydrogen-bond acceptors (Lipinski definition) is 2. The van der Waals surface area contributed by atoms with Gasteiger partial charge in [-0.1, -0.05) is 60.7 Å². The zero-order valence-electron chi connectivity index (χ0n) is 14.5. The molecule has 0 aliphatic heterocycles. The lowest BCUT2D eigenvalue weighted by atomic mass is 10.0. The first-order valence-electron chi connectivity index (χ1n) is 8.74. The first kappa shape index (κ1) is 16.2. The van der Waals surface area contributed by atoms with Crippen LogP contribution in [0.3, 0.4) is 0 Å². The Morgan fingerprint density at radius 3 is 1.31 bits per heavy atom. The molecule has 0 saturated carbocycles. The van der Waals surface area contributed by atoms with E-state index in [0.717, 1.165) is 22.6 Å². The van der Waals surface area contributed by atoms with Crippen LogP contribution in [-0.2, 0) is 13.2 Å². The largest absolute Gasteiger partial charge is 0.489 e. The fourth-order valence-electron chi connectivity index (χ4n) is 2.89. The van der Waals surface area contributed by atoms with E-state index in [0.29, 0.717) is 13.2 Å². The van der Waals surface area contributed by atoms with Gasteiger partial charge in [-0.3, -0.25) is 0 Å². The fourth-order valence-corrected chi connectivity index (χ4v) is 2.89. The fraction of sp³-hybridized carbons (Fsp3) is 0.0833. The van der Waals surface area contributed by atoms with Gasteiger partial charge in [0, 0.05) is 0 Å². The van der Waals surface area contributed by atoms with Gasteiger partial charge in [-0.15, -0.1) is 0 Å². The Kier molecular flexibility index (Phi) is 4.83. The van der Waals surface area contributed by atoms with Crippen molar-refractivity contribution in [1.29, 1.82) is 0 Å². The number of fused-ring (bicyclic) bond motifs is 1. The summed E-state index contributed by atoms with van der Waals surface area (Å²) in [5, 5.41) is 2.42. The molecule has 0 aliphatic carbocycles. The molecule has 26 heavy (non-hydrogen) atoms. The van der Waals surface area contributed by atoms with Gasteiger partial charge in [0.05, 0.1) is 0 Å². The zero-order valence-corrected chi connectivity index (χ0v) is 14.5. The van der Waals surface area contributed by atoms with Crippen LogP contribution >= 0.6 is 0 Å². The van der Waals surface area contributed by atoms with E-state index in [1.165, 1.54) is 10.8 Å². The molecule has 0 radical (unpaired) electrons. The third kappa shape index (κ3) is 4.04. The first-order valence-corrected chi connectivity index (χ1v) is 8.74. The van der Waals surface area contributed by atoms with Gasteiger partial charge < -0.3 is 9.47 Å². The van der Waals surface area contributed by atoms with Gasteiger partial charge in [0.2, 0.25) is 0 Å². The van der Waals surface area contributed by atoms with E-state index in [1.54, 1.807) is 0 Å². The molecule has 2 nitrogen and oxygen atoms in total. The van der Waals surface area contributed by atoms with Crippen LogP contribution in [0.1, 0.15) is 11.1 Å². The van der Waals surface area contributed by atoms with Gasteiger partial charge in [-0.25, -0.2) is 0 Å². The van der Waals surface area contributed by atoms with Crippen LogP contribution in [0.2, 0.25) is 0 Å². The summed E-state index contributed by atoms with van der Waals surface area (Å²) >= 11 is 0. The first-order chi connectivity index (χ1) is 12.9. The van der Waals surface area contributed by atoms with Crippen LogP contribution in [0.5, 0.6) is 11.5 Å². The van der Waals surface area contributed by atoms with Crippen molar-refractivity contribution in [2.75, 3.05) is 0 Å². The Labute approximate surface area is 153 Å². The summed E-state index contributed by atoms with van der Waals surface area (Å²) in [4.78, 5) is 0. The maximum atomic E-state index is 5.83. The lowest BCUT2D eigenvalue weighted by molar-refractivity contribution is 0.306. The highest BCUT2D eigenvalue weighted by Gasteiger charge is 2.01. The standard InChI is InChI=1S/C24H20O2/c1-3-7-23(8-4-1)25-17-19-11-13-22-16-20(12-14-21(22)15-19)18-26-24-9-5-2-6-10-24/h1-16H,17-18H2. The second-order valence-electron chi connectivity index (χ2n) is 6.22. The van der Waals surface area contributed by atoms with Crippen LogP contribution in [0, 0.1) is 0 Å². The molecular formula is C24H20O2. The molecule has 2 heteroatoms. The second-order valence-corrected chi connectivity index (χ2v) is 6.22. The van der Waals surface area contributed by atoms with E-state index in [-0.39, 0.29) is 0 Å². The molecule has 4 aromatic rings. The Hall–Kier alpha value is -3.26. The Balaban J connectivity index is 1.44. The Morgan fingerprint density at radius 1 is 0.462 bits per heavy atom. The van der Waals surface area contributed by atoms with E-state index < -0.39 is 0 Å².